The zero-order valence-corrected chi connectivity index (χ0v) is 11.5. The fourth-order valence-electron chi connectivity index (χ4n) is 1.96. The highest BCUT2D eigenvalue weighted by molar-refractivity contribution is 7.90. The second-order valence-electron chi connectivity index (χ2n) is 5.36. The lowest BCUT2D eigenvalue weighted by Gasteiger charge is -2.24. The fraction of sp³-hybridized carbons (Fsp3) is 0.462. The van der Waals surface area contributed by atoms with Crippen LogP contribution in [-0.2, 0) is 16.2 Å². The van der Waals surface area contributed by atoms with Gasteiger partial charge in [0.25, 0.3) is 0 Å². The van der Waals surface area contributed by atoms with Gasteiger partial charge in [-0.3, -0.25) is 4.79 Å². The van der Waals surface area contributed by atoms with Gasteiger partial charge in [-0.05, 0) is 26.3 Å². The van der Waals surface area contributed by atoms with Crippen molar-refractivity contribution in [2.45, 2.75) is 37.6 Å². The lowest BCUT2D eigenvalue weighted by atomic mass is 10.1. The van der Waals surface area contributed by atoms with Gasteiger partial charge in [-0.1, -0.05) is 30.3 Å². The summed E-state index contributed by atoms with van der Waals surface area (Å²) in [4.78, 5) is 11.2. The van der Waals surface area contributed by atoms with Crippen LogP contribution >= 0.6 is 0 Å². The van der Waals surface area contributed by atoms with Crippen molar-refractivity contribution in [2.75, 3.05) is 0 Å². The first kappa shape index (κ1) is 13.4. The lowest BCUT2D eigenvalue weighted by molar-refractivity contribution is -0.137. The Labute approximate surface area is 110 Å². The zero-order valence-electron chi connectivity index (χ0n) is 10.7. The predicted molar refractivity (Wildman–Crippen MR) is 70.3 cm³/mol. The molecule has 1 aromatic rings. The summed E-state index contributed by atoms with van der Waals surface area (Å²) in [6, 6.07) is 8.42. The van der Waals surface area contributed by atoms with Gasteiger partial charge in [0.05, 0.1) is 0 Å². The molecule has 1 aliphatic heterocycles. The van der Waals surface area contributed by atoms with Crippen LogP contribution in [0.3, 0.4) is 0 Å². The van der Waals surface area contributed by atoms with E-state index in [0.717, 1.165) is 5.56 Å². The monoisotopic (exact) mass is 267 g/mol. The van der Waals surface area contributed by atoms with E-state index in [-0.39, 0.29) is 6.04 Å². The molecular weight excluding hydrogens is 250 g/mol. The average molecular weight is 267 g/mol. The third-order valence-electron chi connectivity index (χ3n) is 2.87. The van der Waals surface area contributed by atoms with Crippen molar-refractivity contribution in [3.63, 3.8) is 0 Å². The minimum Gasteiger partial charge on any atom is -0.597 e. The largest absolute Gasteiger partial charge is 0.597 e. The maximum absolute atomic E-state index is 12.3. The van der Waals surface area contributed by atoms with Gasteiger partial charge in [0.15, 0.2) is 6.04 Å². The van der Waals surface area contributed by atoms with Crippen LogP contribution < -0.4 is 0 Å². The summed E-state index contributed by atoms with van der Waals surface area (Å²) in [5.74, 6) is -0.915. The third kappa shape index (κ3) is 2.39. The quantitative estimate of drug-likeness (QED) is 0.671. The highest BCUT2D eigenvalue weighted by Gasteiger charge is 2.63. The molecule has 1 fully saturated rings. The molecule has 1 unspecified atom stereocenters. The van der Waals surface area contributed by atoms with Crippen LogP contribution in [0.1, 0.15) is 32.4 Å². The molecule has 0 bridgehead atoms. The number of benzene rings is 1. The highest BCUT2D eigenvalue weighted by Crippen LogP contribution is 2.48. The summed E-state index contributed by atoms with van der Waals surface area (Å²) < 4.78 is 13.4. The molecule has 0 radical (unpaired) electrons. The molecule has 0 spiro atoms. The number of carboxylic acid groups (broad SMARTS) is 1. The van der Waals surface area contributed by atoms with E-state index in [4.69, 9.17) is 0 Å². The second-order valence-corrected chi connectivity index (χ2v) is 7.50. The number of nitrogens with zero attached hydrogens (tertiary/aromatic N) is 1. The lowest BCUT2D eigenvalue weighted by Crippen LogP contribution is -2.35. The van der Waals surface area contributed by atoms with Crippen LogP contribution in [0.25, 0.3) is 0 Å². The number of carbonyl (C=O) groups is 1. The Morgan fingerprint density at radius 1 is 1.33 bits per heavy atom. The number of carboxylic acids is 1. The van der Waals surface area contributed by atoms with Crippen LogP contribution in [0.15, 0.2) is 30.3 Å². The normalized spacial score (nSPS) is 28.8. The zero-order chi connectivity index (χ0) is 13.5. The first-order valence-electron chi connectivity index (χ1n) is 5.82. The molecule has 1 saturated heterocycles. The summed E-state index contributed by atoms with van der Waals surface area (Å²) in [5.41, 5.74) is 0.905. The van der Waals surface area contributed by atoms with Crippen molar-refractivity contribution >= 4 is 17.3 Å². The van der Waals surface area contributed by atoms with Crippen molar-refractivity contribution in [2.24, 2.45) is 0 Å². The van der Waals surface area contributed by atoms with Crippen LogP contribution in [0.5, 0.6) is 0 Å². The summed E-state index contributed by atoms with van der Waals surface area (Å²) >= 11 is -1.31. The van der Waals surface area contributed by atoms with Crippen molar-refractivity contribution in [3.05, 3.63) is 35.9 Å². The maximum Gasteiger partial charge on any atom is 0.327 e. The highest BCUT2D eigenvalue weighted by atomic mass is 32.2. The molecule has 5 heteroatoms. The van der Waals surface area contributed by atoms with Gasteiger partial charge in [-0.15, -0.1) is 4.31 Å². The van der Waals surface area contributed by atoms with Gasteiger partial charge in [-0.25, -0.2) is 0 Å². The first-order valence-corrected chi connectivity index (χ1v) is 6.93. The molecule has 1 N–H and O–H groups in total. The SMILES string of the molecule is CC(C)(C)[S@@+]([O-])N1[C@H](c2ccccc2)[C@@H]1C(=O)O. The molecule has 2 rings (SSSR count). The molecule has 0 amide bonds. The Balaban J connectivity index is 2.24. The van der Waals surface area contributed by atoms with Gasteiger partial charge in [0.2, 0.25) is 0 Å². The molecule has 98 valence electrons. The Bertz CT molecular complexity index is 443. The summed E-state index contributed by atoms with van der Waals surface area (Å²) in [7, 11) is 0. The molecule has 0 aliphatic carbocycles. The van der Waals surface area contributed by atoms with Crippen LogP contribution in [-0.4, -0.2) is 30.7 Å². The molecule has 0 saturated carbocycles. The Morgan fingerprint density at radius 3 is 2.33 bits per heavy atom. The topological polar surface area (TPSA) is 63.4 Å². The van der Waals surface area contributed by atoms with E-state index in [0.29, 0.717) is 0 Å². The van der Waals surface area contributed by atoms with Crippen molar-refractivity contribution < 1.29 is 14.5 Å². The van der Waals surface area contributed by atoms with E-state index in [1.807, 2.05) is 51.1 Å². The van der Waals surface area contributed by atoms with Crippen LogP contribution in [0.4, 0.5) is 0 Å². The molecule has 1 aliphatic rings. The maximum atomic E-state index is 12.3. The van der Waals surface area contributed by atoms with Gasteiger partial charge >= 0.3 is 5.97 Å². The van der Waals surface area contributed by atoms with Crippen molar-refractivity contribution in [3.8, 4) is 0 Å². The number of aliphatic carboxylic acids is 1. The Morgan fingerprint density at radius 2 is 1.89 bits per heavy atom. The standard InChI is InChI=1S/C13H17NO3S/c1-13(2,3)18(17)14-10(11(14)12(15)16)9-7-5-4-6-8-9/h4-8,10-11H,1-3H3,(H,15,16)/t10-,11-,14?,18-/m1/s1. The number of hydrogen-bond donors (Lipinski definition) is 1. The minimum atomic E-state index is -1.31. The summed E-state index contributed by atoms with van der Waals surface area (Å²) in [6.45, 7) is 5.55. The fourth-order valence-corrected chi connectivity index (χ4v) is 3.39. The van der Waals surface area contributed by atoms with Crippen LogP contribution in [0.2, 0.25) is 0 Å². The summed E-state index contributed by atoms with van der Waals surface area (Å²) in [6.07, 6.45) is 0. The molecule has 4 atom stereocenters. The Kier molecular flexibility index (Phi) is 3.40. The van der Waals surface area contributed by atoms with Crippen molar-refractivity contribution in [1.82, 2.24) is 4.31 Å². The predicted octanol–water partition coefficient (Wildman–Crippen LogP) is 1.96. The molecular formula is C13H17NO3S. The smallest absolute Gasteiger partial charge is 0.327 e. The van der Waals surface area contributed by atoms with Gasteiger partial charge in [0, 0.05) is 11.4 Å². The van der Waals surface area contributed by atoms with Gasteiger partial charge in [-0.2, -0.15) is 0 Å². The van der Waals surface area contributed by atoms with Gasteiger partial charge in [0.1, 0.15) is 10.8 Å². The summed E-state index contributed by atoms with van der Waals surface area (Å²) in [5, 5.41) is 9.19. The molecule has 1 aromatic carbocycles. The number of hydrogen-bond acceptors (Lipinski definition) is 3. The van der Waals surface area contributed by atoms with Crippen molar-refractivity contribution in [1.29, 1.82) is 0 Å². The first-order chi connectivity index (χ1) is 8.34. The average Bonchev–Trinajstić information content (AvgIpc) is 3.03. The molecule has 18 heavy (non-hydrogen) atoms. The van der Waals surface area contributed by atoms with E-state index in [9.17, 15) is 14.5 Å². The van der Waals surface area contributed by atoms with E-state index in [2.05, 4.69) is 0 Å². The van der Waals surface area contributed by atoms with Crippen LogP contribution in [0, 0.1) is 0 Å². The molecule has 1 heterocycles. The Hall–Kier alpha value is -1.04. The van der Waals surface area contributed by atoms with E-state index < -0.39 is 28.1 Å². The molecule has 4 nitrogen and oxygen atoms in total. The molecule has 0 aromatic heterocycles. The van der Waals surface area contributed by atoms with E-state index >= 15 is 0 Å². The van der Waals surface area contributed by atoms with E-state index in [1.54, 1.807) is 4.31 Å². The second kappa shape index (κ2) is 4.57. The van der Waals surface area contributed by atoms with Gasteiger partial charge < -0.3 is 9.66 Å². The van der Waals surface area contributed by atoms with E-state index in [1.165, 1.54) is 0 Å². The number of rotatable bonds is 3. The third-order valence-corrected chi connectivity index (χ3v) is 4.75. The minimum absolute atomic E-state index is 0.274.